The molecule has 1 aromatic rings. The first-order chi connectivity index (χ1) is 9.27. The lowest BCUT2D eigenvalue weighted by molar-refractivity contribution is 0.265. The fourth-order valence-corrected chi connectivity index (χ4v) is 1.99. The number of halogens is 1. The van der Waals surface area contributed by atoms with Crippen molar-refractivity contribution in [2.45, 2.75) is 39.2 Å². The zero-order chi connectivity index (χ0) is 13.9. The lowest BCUT2D eigenvalue weighted by atomic mass is 10.2. The quantitative estimate of drug-likeness (QED) is 0.648. The van der Waals surface area contributed by atoms with Crippen molar-refractivity contribution in [2.24, 2.45) is 0 Å². The number of hydrogen-bond donors (Lipinski definition) is 2. The number of hydrogen-bond acceptors (Lipinski definition) is 3. The van der Waals surface area contributed by atoms with E-state index in [1.165, 1.54) is 0 Å². The Morgan fingerprint density at radius 1 is 1.26 bits per heavy atom. The Bertz CT molecular complexity index is 358. The van der Waals surface area contributed by atoms with E-state index in [9.17, 15) is 0 Å². The van der Waals surface area contributed by atoms with Crippen molar-refractivity contribution < 1.29 is 9.84 Å². The van der Waals surface area contributed by atoms with Crippen LogP contribution in [0.4, 0.5) is 0 Å². The third kappa shape index (κ3) is 6.81. The van der Waals surface area contributed by atoms with Crippen LogP contribution in [0.2, 0.25) is 5.02 Å². The van der Waals surface area contributed by atoms with E-state index in [0.717, 1.165) is 55.1 Å². The lowest BCUT2D eigenvalue weighted by Crippen LogP contribution is -2.14. The van der Waals surface area contributed by atoms with Crippen LogP contribution < -0.4 is 10.1 Å². The molecule has 0 heterocycles. The Morgan fingerprint density at radius 3 is 2.84 bits per heavy atom. The van der Waals surface area contributed by atoms with Crippen LogP contribution in [0.1, 0.15) is 38.2 Å². The molecule has 3 nitrogen and oxygen atoms in total. The number of rotatable bonds is 10. The first-order valence-electron chi connectivity index (χ1n) is 7.00. The highest BCUT2D eigenvalue weighted by Gasteiger charge is 2.04. The SMILES string of the molecule is CCCNCc1cc(Cl)ccc1OCCCCCO. The average molecular weight is 286 g/mol. The molecule has 4 heteroatoms. The molecular formula is C15H24ClNO2. The number of ether oxygens (including phenoxy) is 1. The van der Waals surface area contributed by atoms with Gasteiger partial charge >= 0.3 is 0 Å². The molecule has 0 atom stereocenters. The Kier molecular flexibility index (Phi) is 8.63. The van der Waals surface area contributed by atoms with Gasteiger partial charge in [0.15, 0.2) is 0 Å². The van der Waals surface area contributed by atoms with E-state index in [2.05, 4.69) is 12.2 Å². The molecule has 2 N–H and O–H groups in total. The second kappa shape index (κ2) is 10.1. The normalized spacial score (nSPS) is 10.7. The first-order valence-corrected chi connectivity index (χ1v) is 7.38. The Hall–Kier alpha value is -0.770. The van der Waals surface area contributed by atoms with Gasteiger partial charge in [0.1, 0.15) is 5.75 Å². The summed E-state index contributed by atoms with van der Waals surface area (Å²) in [6.45, 7) is 4.85. The van der Waals surface area contributed by atoms with Gasteiger partial charge in [0.2, 0.25) is 0 Å². The smallest absolute Gasteiger partial charge is 0.123 e. The molecular weight excluding hydrogens is 262 g/mol. The van der Waals surface area contributed by atoms with Gasteiger partial charge in [-0.05, 0) is 50.4 Å². The Labute approximate surface area is 120 Å². The van der Waals surface area contributed by atoms with Gasteiger partial charge in [0, 0.05) is 23.7 Å². The maximum Gasteiger partial charge on any atom is 0.123 e. The van der Waals surface area contributed by atoms with E-state index >= 15 is 0 Å². The summed E-state index contributed by atoms with van der Waals surface area (Å²) in [5, 5.41) is 12.8. The molecule has 0 fully saturated rings. The van der Waals surface area contributed by atoms with E-state index in [4.69, 9.17) is 21.4 Å². The fourth-order valence-electron chi connectivity index (χ4n) is 1.80. The minimum atomic E-state index is 0.257. The van der Waals surface area contributed by atoms with Gasteiger partial charge in [0.05, 0.1) is 6.61 Å². The highest BCUT2D eigenvalue weighted by Crippen LogP contribution is 2.23. The summed E-state index contributed by atoms with van der Waals surface area (Å²) in [6, 6.07) is 5.73. The summed E-state index contributed by atoms with van der Waals surface area (Å²) in [6.07, 6.45) is 3.91. The number of unbranched alkanes of at least 4 members (excludes halogenated alkanes) is 2. The molecule has 0 saturated carbocycles. The average Bonchev–Trinajstić information content (AvgIpc) is 2.41. The van der Waals surface area contributed by atoms with Crippen molar-refractivity contribution in [2.75, 3.05) is 19.8 Å². The Morgan fingerprint density at radius 2 is 2.11 bits per heavy atom. The molecule has 0 saturated heterocycles. The number of benzene rings is 1. The van der Waals surface area contributed by atoms with Crippen LogP contribution in [-0.4, -0.2) is 24.9 Å². The van der Waals surface area contributed by atoms with E-state index in [-0.39, 0.29) is 6.61 Å². The molecule has 1 aromatic carbocycles. The van der Waals surface area contributed by atoms with Gasteiger partial charge in [-0.3, -0.25) is 0 Å². The summed E-state index contributed by atoms with van der Waals surface area (Å²) in [4.78, 5) is 0. The van der Waals surface area contributed by atoms with Crippen LogP contribution in [0, 0.1) is 0 Å². The van der Waals surface area contributed by atoms with Crippen molar-refractivity contribution in [1.82, 2.24) is 5.32 Å². The topological polar surface area (TPSA) is 41.5 Å². The predicted octanol–water partition coefficient (Wildman–Crippen LogP) is 3.38. The Balaban J connectivity index is 2.45. The van der Waals surface area contributed by atoms with Crippen LogP contribution in [-0.2, 0) is 6.54 Å². The van der Waals surface area contributed by atoms with E-state index in [0.29, 0.717) is 6.61 Å². The highest BCUT2D eigenvalue weighted by atomic mass is 35.5. The highest BCUT2D eigenvalue weighted by molar-refractivity contribution is 6.30. The molecule has 0 unspecified atom stereocenters. The molecule has 1 rings (SSSR count). The zero-order valence-corrected chi connectivity index (χ0v) is 12.4. The van der Waals surface area contributed by atoms with E-state index in [1.54, 1.807) is 0 Å². The van der Waals surface area contributed by atoms with Gasteiger partial charge in [-0.1, -0.05) is 18.5 Å². The molecule has 0 amide bonds. The van der Waals surface area contributed by atoms with Gasteiger partial charge < -0.3 is 15.2 Å². The van der Waals surface area contributed by atoms with Crippen LogP contribution in [0.25, 0.3) is 0 Å². The molecule has 0 aliphatic rings. The van der Waals surface area contributed by atoms with Gasteiger partial charge in [-0.25, -0.2) is 0 Å². The minimum absolute atomic E-state index is 0.257. The molecule has 19 heavy (non-hydrogen) atoms. The molecule has 0 aromatic heterocycles. The van der Waals surface area contributed by atoms with Gasteiger partial charge in [-0.15, -0.1) is 0 Å². The maximum absolute atomic E-state index is 8.71. The second-order valence-electron chi connectivity index (χ2n) is 4.56. The van der Waals surface area contributed by atoms with Crippen LogP contribution in [0.15, 0.2) is 18.2 Å². The fraction of sp³-hybridized carbons (Fsp3) is 0.600. The summed E-state index contributed by atoms with van der Waals surface area (Å²) in [7, 11) is 0. The summed E-state index contributed by atoms with van der Waals surface area (Å²) >= 11 is 6.02. The van der Waals surface area contributed by atoms with Gasteiger partial charge in [-0.2, -0.15) is 0 Å². The standard InChI is InChI=1S/C15H24ClNO2/c1-2-8-17-12-13-11-14(16)6-7-15(13)19-10-5-3-4-9-18/h6-7,11,17-18H,2-5,8-10,12H2,1H3. The maximum atomic E-state index is 8.71. The number of aliphatic hydroxyl groups excluding tert-OH is 1. The van der Waals surface area contributed by atoms with Crippen LogP contribution in [0.3, 0.4) is 0 Å². The monoisotopic (exact) mass is 285 g/mol. The zero-order valence-electron chi connectivity index (χ0n) is 11.6. The molecule has 108 valence electrons. The minimum Gasteiger partial charge on any atom is -0.493 e. The summed E-state index contributed by atoms with van der Waals surface area (Å²) in [5.74, 6) is 0.900. The van der Waals surface area contributed by atoms with E-state index < -0.39 is 0 Å². The van der Waals surface area contributed by atoms with Crippen molar-refractivity contribution >= 4 is 11.6 Å². The van der Waals surface area contributed by atoms with E-state index in [1.807, 2.05) is 18.2 Å². The second-order valence-corrected chi connectivity index (χ2v) is 5.00. The molecule has 0 bridgehead atoms. The third-order valence-corrected chi connectivity index (χ3v) is 3.06. The van der Waals surface area contributed by atoms with Crippen molar-refractivity contribution in [3.63, 3.8) is 0 Å². The van der Waals surface area contributed by atoms with Crippen LogP contribution in [0.5, 0.6) is 5.75 Å². The first kappa shape index (κ1) is 16.3. The third-order valence-electron chi connectivity index (χ3n) is 2.82. The van der Waals surface area contributed by atoms with Crippen molar-refractivity contribution in [1.29, 1.82) is 0 Å². The van der Waals surface area contributed by atoms with Crippen LogP contribution >= 0.6 is 11.6 Å². The summed E-state index contributed by atoms with van der Waals surface area (Å²) in [5.41, 5.74) is 1.10. The lowest BCUT2D eigenvalue weighted by Gasteiger charge is -2.12. The molecule has 0 aliphatic carbocycles. The predicted molar refractivity (Wildman–Crippen MR) is 79.9 cm³/mol. The largest absolute Gasteiger partial charge is 0.493 e. The molecule has 0 aliphatic heterocycles. The van der Waals surface area contributed by atoms with Gasteiger partial charge in [0.25, 0.3) is 0 Å². The number of nitrogens with one attached hydrogen (secondary N) is 1. The summed E-state index contributed by atoms with van der Waals surface area (Å²) < 4.78 is 5.79. The molecule has 0 radical (unpaired) electrons. The molecule has 0 spiro atoms. The van der Waals surface area contributed by atoms with Crippen molar-refractivity contribution in [3.8, 4) is 5.75 Å². The van der Waals surface area contributed by atoms with Crippen molar-refractivity contribution in [3.05, 3.63) is 28.8 Å². The number of aliphatic hydroxyl groups is 1.